The third kappa shape index (κ3) is 4.45. The quantitative estimate of drug-likeness (QED) is 0.863. The molecular formula is C18H27N3O2. The van der Waals surface area contributed by atoms with Gasteiger partial charge in [-0.1, -0.05) is 0 Å². The zero-order valence-corrected chi connectivity index (χ0v) is 13.7. The lowest BCUT2D eigenvalue weighted by molar-refractivity contribution is 0.0804. The molecule has 0 unspecified atom stereocenters. The van der Waals surface area contributed by atoms with E-state index in [1.165, 1.54) is 18.5 Å². The molecule has 0 spiro atoms. The summed E-state index contributed by atoms with van der Waals surface area (Å²) in [6.07, 6.45) is 4.05. The van der Waals surface area contributed by atoms with E-state index < -0.39 is 0 Å². The van der Waals surface area contributed by atoms with E-state index in [0.29, 0.717) is 6.54 Å². The topological polar surface area (TPSA) is 55.8 Å². The molecule has 2 saturated heterocycles. The molecule has 2 aliphatic rings. The molecule has 0 aliphatic carbocycles. The number of carbonyl (C=O) groups is 1. The molecule has 2 aliphatic heterocycles. The predicted molar refractivity (Wildman–Crippen MR) is 91.9 cm³/mol. The molecule has 5 nitrogen and oxygen atoms in total. The molecule has 5 heteroatoms. The molecule has 1 amide bonds. The summed E-state index contributed by atoms with van der Waals surface area (Å²) in [5.74, 6) is -0.00461. The average Bonchev–Trinajstić information content (AvgIpc) is 3.11. The molecule has 2 heterocycles. The van der Waals surface area contributed by atoms with E-state index in [1.807, 2.05) is 24.3 Å². The first-order valence-corrected chi connectivity index (χ1v) is 8.76. The van der Waals surface area contributed by atoms with E-state index in [4.69, 9.17) is 0 Å². The van der Waals surface area contributed by atoms with Crippen molar-refractivity contribution >= 4 is 11.6 Å². The number of nitrogens with zero attached hydrogens (tertiary/aromatic N) is 2. The minimum Gasteiger partial charge on any atom is -0.393 e. The highest BCUT2D eigenvalue weighted by atomic mass is 16.3. The number of hydrogen-bond donors (Lipinski definition) is 2. The number of aliphatic hydroxyl groups excluding tert-OH is 1. The van der Waals surface area contributed by atoms with Gasteiger partial charge < -0.3 is 20.2 Å². The number of benzene rings is 1. The summed E-state index contributed by atoms with van der Waals surface area (Å²) in [4.78, 5) is 16.9. The Balaban J connectivity index is 1.42. The van der Waals surface area contributed by atoms with Gasteiger partial charge in [0.1, 0.15) is 0 Å². The average molecular weight is 317 g/mol. The Labute approximate surface area is 138 Å². The minimum atomic E-state index is -0.144. The van der Waals surface area contributed by atoms with Gasteiger partial charge in [0.2, 0.25) is 0 Å². The number of likely N-dealkylation sites (tertiary alicyclic amines) is 1. The largest absolute Gasteiger partial charge is 0.393 e. The molecule has 0 saturated carbocycles. The second-order valence-electron chi connectivity index (χ2n) is 6.57. The summed E-state index contributed by atoms with van der Waals surface area (Å²) in [5, 5.41) is 12.5. The number of anilines is 1. The maximum absolute atomic E-state index is 12.2. The predicted octanol–water partition coefficient (Wildman–Crippen LogP) is 1.47. The van der Waals surface area contributed by atoms with Crippen molar-refractivity contribution in [2.75, 3.05) is 44.2 Å². The summed E-state index contributed by atoms with van der Waals surface area (Å²) in [7, 11) is 0. The fraction of sp³-hybridized carbons (Fsp3) is 0.611. The second kappa shape index (κ2) is 7.79. The van der Waals surface area contributed by atoms with Crippen molar-refractivity contribution in [3.8, 4) is 0 Å². The maximum Gasteiger partial charge on any atom is 0.251 e. The highest BCUT2D eigenvalue weighted by Gasteiger charge is 2.17. The number of carbonyl (C=O) groups excluding carboxylic acids is 1. The van der Waals surface area contributed by atoms with E-state index in [9.17, 15) is 9.90 Å². The maximum atomic E-state index is 12.2. The Bertz CT molecular complexity index is 504. The van der Waals surface area contributed by atoms with Gasteiger partial charge in [-0.2, -0.15) is 0 Å². The van der Waals surface area contributed by atoms with Crippen LogP contribution in [0, 0.1) is 0 Å². The molecular weight excluding hydrogens is 290 g/mol. The minimum absolute atomic E-state index is 0.00461. The Morgan fingerprint density at radius 1 is 1.09 bits per heavy atom. The van der Waals surface area contributed by atoms with Crippen LogP contribution in [0.2, 0.25) is 0 Å². The fourth-order valence-electron chi connectivity index (χ4n) is 3.37. The molecule has 1 aromatic rings. The standard InChI is InChI=1S/C18H27N3O2/c22-17-7-12-20(13-8-17)14-9-19-18(23)15-3-5-16(6-4-15)21-10-1-2-11-21/h3-6,17,22H,1-2,7-14H2,(H,19,23). The van der Waals surface area contributed by atoms with E-state index in [-0.39, 0.29) is 12.0 Å². The number of aliphatic hydroxyl groups is 1. The van der Waals surface area contributed by atoms with Gasteiger partial charge in [-0.25, -0.2) is 0 Å². The van der Waals surface area contributed by atoms with Crippen LogP contribution in [0.3, 0.4) is 0 Å². The zero-order chi connectivity index (χ0) is 16.1. The van der Waals surface area contributed by atoms with Crippen molar-refractivity contribution < 1.29 is 9.90 Å². The van der Waals surface area contributed by atoms with Gasteiger partial charge in [0.25, 0.3) is 5.91 Å². The number of amides is 1. The smallest absolute Gasteiger partial charge is 0.251 e. The second-order valence-corrected chi connectivity index (χ2v) is 6.57. The Morgan fingerprint density at radius 3 is 2.39 bits per heavy atom. The van der Waals surface area contributed by atoms with E-state index in [2.05, 4.69) is 15.1 Å². The Kier molecular flexibility index (Phi) is 5.51. The summed E-state index contributed by atoms with van der Waals surface area (Å²) < 4.78 is 0. The van der Waals surface area contributed by atoms with Gasteiger partial charge in [-0.05, 0) is 49.9 Å². The van der Waals surface area contributed by atoms with Crippen LogP contribution in [-0.2, 0) is 0 Å². The van der Waals surface area contributed by atoms with Gasteiger partial charge in [-0.15, -0.1) is 0 Å². The molecule has 0 radical (unpaired) electrons. The Hall–Kier alpha value is -1.59. The monoisotopic (exact) mass is 317 g/mol. The van der Waals surface area contributed by atoms with Crippen LogP contribution in [0.5, 0.6) is 0 Å². The normalized spacial score (nSPS) is 20.0. The lowest BCUT2D eigenvalue weighted by Gasteiger charge is -2.29. The fourth-order valence-corrected chi connectivity index (χ4v) is 3.37. The van der Waals surface area contributed by atoms with Crippen molar-refractivity contribution in [2.24, 2.45) is 0 Å². The first-order valence-electron chi connectivity index (χ1n) is 8.76. The van der Waals surface area contributed by atoms with E-state index in [1.54, 1.807) is 0 Å². The highest BCUT2D eigenvalue weighted by molar-refractivity contribution is 5.94. The summed E-state index contributed by atoms with van der Waals surface area (Å²) in [5.41, 5.74) is 1.94. The van der Waals surface area contributed by atoms with Crippen LogP contribution in [-0.4, -0.2) is 61.3 Å². The van der Waals surface area contributed by atoms with E-state index in [0.717, 1.165) is 51.1 Å². The number of piperidine rings is 1. The van der Waals surface area contributed by atoms with Gasteiger partial charge in [0.05, 0.1) is 6.10 Å². The summed E-state index contributed by atoms with van der Waals surface area (Å²) in [6.45, 7) is 5.59. The number of hydrogen-bond acceptors (Lipinski definition) is 4. The van der Waals surface area contributed by atoms with E-state index >= 15 is 0 Å². The van der Waals surface area contributed by atoms with Crippen molar-refractivity contribution in [1.82, 2.24) is 10.2 Å². The van der Waals surface area contributed by atoms with Gasteiger partial charge in [0, 0.05) is 50.5 Å². The van der Waals surface area contributed by atoms with Crippen molar-refractivity contribution in [3.63, 3.8) is 0 Å². The molecule has 23 heavy (non-hydrogen) atoms. The lowest BCUT2D eigenvalue weighted by atomic mass is 10.1. The molecule has 3 rings (SSSR count). The van der Waals surface area contributed by atoms with Gasteiger partial charge >= 0.3 is 0 Å². The lowest BCUT2D eigenvalue weighted by Crippen LogP contribution is -2.40. The molecule has 126 valence electrons. The molecule has 0 atom stereocenters. The van der Waals surface area contributed by atoms with Crippen LogP contribution in [0.15, 0.2) is 24.3 Å². The molecule has 0 bridgehead atoms. The van der Waals surface area contributed by atoms with Gasteiger partial charge in [-0.3, -0.25) is 4.79 Å². The molecule has 0 aromatic heterocycles. The third-order valence-corrected chi connectivity index (χ3v) is 4.87. The van der Waals surface area contributed by atoms with Crippen LogP contribution in [0.25, 0.3) is 0 Å². The number of rotatable bonds is 5. The number of nitrogens with one attached hydrogen (secondary N) is 1. The van der Waals surface area contributed by atoms with Crippen molar-refractivity contribution in [1.29, 1.82) is 0 Å². The summed E-state index contributed by atoms with van der Waals surface area (Å²) in [6, 6.07) is 7.93. The molecule has 1 aromatic carbocycles. The Morgan fingerprint density at radius 2 is 1.74 bits per heavy atom. The first-order chi connectivity index (χ1) is 11.2. The molecule has 2 N–H and O–H groups in total. The third-order valence-electron chi connectivity index (χ3n) is 4.87. The van der Waals surface area contributed by atoms with Crippen molar-refractivity contribution in [2.45, 2.75) is 31.8 Å². The van der Waals surface area contributed by atoms with Crippen LogP contribution in [0.1, 0.15) is 36.0 Å². The zero-order valence-electron chi connectivity index (χ0n) is 13.7. The van der Waals surface area contributed by atoms with Crippen LogP contribution in [0.4, 0.5) is 5.69 Å². The van der Waals surface area contributed by atoms with Crippen LogP contribution >= 0.6 is 0 Å². The SMILES string of the molecule is O=C(NCCN1CCC(O)CC1)c1ccc(N2CCCC2)cc1. The van der Waals surface area contributed by atoms with Crippen molar-refractivity contribution in [3.05, 3.63) is 29.8 Å². The summed E-state index contributed by atoms with van der Waals surface area (Å²) >= 11 is 0. The highest BCUT2D eigenvalue weighted by Crippen LogP contribution is 2.20. The van der Waals surface area contributed by atoms with Crippen LogP contribution < -0.4 is 10.2 Å². The van der Waals surface area contributed by atoms with Gasteiger partial charge in [0.15, 0.2) is 0 Å². The molecule has 2 fully saturated rings. The first kappa shape index (κ1) is 16.3.